The SMILES string of the molecule is CN(N=O)Nc1ncccc1C(F)(F)F. The second-order valence-electron chi connectivity index (χ2n) is 2.61. The normalized spacial score (nSPS) is 10.9. The molecule has 1 aromatic heterocycles. The van der Waals surface area contributed by atoms with Gasteiger partial charge in [0.1, 0.15) is 0 Å². The first-order chi connectivity index (χ1) is 6.95. The molecule has 1 rings (SSSR count). The first-order valence-corrected chi connectivity index (χ1v) is 3.81. The second-order valence-corrected chi connectivity index (χ2v) is 2.61. The van der Waals surface area contributed by atoms with Gasteiger partial charge in [0.15, 0.2) is 5.82 Å². The van der Waals surface area contributed by atoms with E-state index in [4.69, 9.17) is 0 Å². The van der Waals surface area contributed by atoms with Crippen LogP contribution in [0.1, 0.15) is 5.56 Å². The highest BCUT2D eigenvalue weighted by atomic mass is 19.4. The van der Waals surface area contributed by atoms with E-state index in [1.807, 2.05) is 0 Å². The molecule has 0 atom stereocenters. The molecular formula is C7H7F3N4O. The van der Waals surface area contributed by atoms with Crippen LogP contribution in [0.3, 0.4) is 0 Å². The maximum atomic E-state index is 12.4. The Balaban J connectivity index is 3.02. The minimum Gasteiger partial charge on any atom is -0.263 e. The third kappa shape index (κ3) is 2.79. The summed E-state index contributed by atoms with van der Waals surface area (Å²) in [5.74, 6) is -0.466. The summed E-state index contributed by atoms with van der Waals surface area (Å²) in [6.45, 7) is 0. The molecule has 0 saturated heterocycles. The summed E-state index contributed by atoms with van der Waals surface area (Å²) < 4.78 is 37.2. The van der Waals surface area contributed by atoms with Gasteiger partial charge in [0.05, 0.1) is 17.9 Å². The summed E-state index contributed by atoms with van der Waals surface area (Å²) in [5, 5.41) is 2.97. The lowest BCUT2D eigenvalue weighted by Crippen LogP contribution is -2.22. The molecule has 8 heteroatoms. The van der Waals surface area contributed by atoms with Crippen LogP contribution in [0, 0.1) is 4.91 Å². The number of hydrogen-bond donors (Lipinski definition) is 1. The fourth-order valence-electron chi connectivity index (χ4n) is 0.897. The van der Waals surface area contributed by atoms with E-state index < -0.39 is 17.6 Å². The monoisotopic (exact) mass is 220 g/mol. The van der Waals surface area contributed by atoms with Crippen LogP contribution in [0.25, 0.3) is 0 Å². The van der Waals surface area contributed by atoms with Gasteiger partial charge in [0.2, 0.25) is 0 Å². The average Bonchev–Trinajstić information content (AvgIpc) is 2.17. The average molecular weight is 220 g/mol. The summed E-state index contributed by atoms with van der Waals surface area (Å²) in [5.41, 5.74) is 1.13. The molecule has 0 aromatic carbocycles. The molecule has 1 aromatic rings. The van der Waals surface area contributed by atoms with Gasteiger partial charge in [-0.15, -0.1) is 4.91 Å². The van der Waals surface area contributed by atoms with Crippen molar-refractivity contribution in [2.45, 2.75) is 6.18 Å². The number of anilines is 1. The van der Waals surface area contributed by atoms with Crippen molar-refractivity contribution in [2.75, 3.05) is 12.5 Å². The topological polar surface area (TPSA) is 57.6 Å². The molecule has 1 N–H and O–H groups in total. The standard InChI is InChI=1S/C7H7F3N4O/c1-14(13-15)12-6-5(7(8,9)10)3-2-4-11-6/h2-4H,1H3,(H,11,12). The minimum absolute atomic E-state index is 0.466. The van der Waals surface area contributed by atoms with E-state index in [0.717, 1.165) is 12.1 Å². The minimum atomic E-state index is -4.53. The zero-order valence-corrected chi connectivity index (χ0v) is 7.62. The molecule has 0 aliphatic carbocycles. The lowest BCUT2D eigenvalue weighted by Gasteiger charge is -2.15. The van der Waals surface area contributed by atoms with Crippen LogP contribution in [-0.4, -0.2) is 17.1 Å². The highest BCUT2D eigenvalue weighted by Crippen LogP contribution is 2.33. The maximum Gasteiger partial charge on any atom is 0.420 e. The number of rotatable bonds is 3. The molecule has 15 heavy (non-hydrogen) atoms. The largest absolute Gasteiger partial charge is 0.420 e. The van der Waals surface area contributed by atoms with E-state index in [-0.39, 0.29) is 0 Å². The molecular weight excluding hydrogens is 213 g/mol. The van der Waals surface area contributed by atoms with Gasteiger partial charge in [0.25, 0.3) is 0 Å². The van der Waals surface area contributed by atoms with E-state index in [1.165, 1.54) is 13.2 Å². The van der Waals surface area contributed by atoms with Gasteiger partial charge in [-0.2, -0.15) is 18.3 Å². The number of pyridine rings is 1. The zero-order chi connectivity index (χ0) is 11.5. The van der Waals surface area contributed by atoms with Crippen LogP contribution >= 0.6 is 0 Å². The van der Waals surface area contributed by atoms with Crippen LogP contribution in [-0.2, 0) is 6.18 Å². The molecule has 0 radical (unpaired) electrons. The lowest BCUT2D eigenvalue weighted by molar-refractivity contribution is -0.137. The third-order valence-corrected chi connectivity index (χ3v) is 1.50. The summed E-state index contributed by atoms with van der Waals surface area (Å²) in [4.78, 5) is 13.4. The predicted octanol–water partition coefficient (Wildman–Crippen LogP) is 2.04. The van der Waals surface area contributed by atoms with Crippen molar-refractivity contribution in [1.82, 2.24) is 10.1 Å². The molecule has 5 nitrogen and oxygen atoms in total. The molecule has 82 valence electrons. The van der Waals surface area contributed by atoms with Gasteiger partial charge >= 0.3 is 6.18 Å². The number of nitroso groups, excluding NO2 is 1. The number of hydrazine groups is 1. The van der Waals surface area contributed by atoms with Crippen molar-refractivity contribution in [2.24, 2.45) is 5.29 Å². The number of hydrogen-bond acceptors (Lipinski definition) is 4. The van der Waals surface area contributed by atoms with Gasteiger partial charge in [-0.05, 0) is 12.1 Å². The highest BCUT2D eigenvalue weighted by molar-refractivity contribution is 5.44. The third-order valence-electron chi connectivity index (χ3n) is 1.50. The molecule has 1 heterocycles. The summed E-state index contributed by atoms with van der Waals surface area (Å²) in [6, 6.07) is 2.01. The van der Waals surface area contributed by atoms with Gasteiger partial charge in [-0.3, -0.25) is 5.43 Å². The zero-order valence-electron chi connectivity index (χ0n) is 7.62. The van der Waals surface area contributed by atoms with Crippen LogP contribution in [0.2, 0.25) is 0 Å². The summed E-state index contributed by atoms with van der Waals surface area (Å²) >= 11 is 0. The molecule has 0 aliphatic heterocycles. The van der Waals surface area contributed by atoms with Gasteiger partial charge in [-0.1, -0.05) is 0 Å². The Morgan fingerprint density at radius 3 is 2.73 bits per heavy atom. The Labute approximate surface area is 82.8 Å². The number of halogens is 3. The second kappa shape index (κ2) is 4.11. The van der Waals surface area contributed by atoms with E-state index in [9.17, 15) is 18.1 Å². The Kier molecular flexibility index (Phi) is 3.08. The van der Waals surface area contributed by atoms with Crippen molar-refractivity contribution in [3.8, 4) is 0 Å². The predicted molar refractivity (Wildman–Crippen MR) is 46.4 cm³/mol. The van der Waals surface area contributed by atoms with Crippen LogP contribution < -0.4 is 5.43 Å². The molecule has 0 bridgehead atoms. The van der Waals surface area contributed by atoms with Crippen LogP contribution in [0.15, 0.2) is 23.6 Å². The van der Waals surface area contributed by atoms with Crippen molar-refractivity contribution >= 4 is 5.82 Å². The molecule has 0 fully saturated rings. The number of aromatic nitrogens is 1. The van der Waals surface area contributed by atoms with Crippen LogP contribution in [0.5, 0.6) is 0 Å². The fourth-order valence-corrected chi connectivity index (χ4v) is 0.897. The van der Waals surface area contributed by atoms with E-state index >= 15 is 0 Å². The van der Waals surface area contributed by atoms with E-state index in [2.05, 4.69) is 15.7 Å². The van der Waals surface area contributed by atoms with Crippen molar-refractivity contribution in [3.63, 3.8) is 0 Å². The first kappa shape index (κ1) is 11.2. The maximum absolute atomic E-state index is 12.4. The molecule has 0 amide bonds. The van der Waals surface area contributed by atoms with Crippen molar-refractivity contribution in [3.05, 3.63) is 28.8 Å². The highest BCUT2D eigenvalue weighted by Gasteiger charge is 2.34. The number of nitrogens with one attached hydrogen (secondary N) is 1. The van der Waals surface area contributed by atoms with E-state index in [0.29, 0.717) is 5.12 Å². The van der Waals surface area contributed by atoms with Crippen molar-refractivity contribution in [1.29, 1.82) is 0 Å². The molecule has 0 unspecified atom stereocenters. The fraction of sp³-hybridized carbons (Fsp3) is 0.286. The van der Waals surface area contributed by atoms with Crippen LogP contribution in [0.4, 0.5) is 19.0 Å². The Bertz CT molecular complexity index is 354. The van der Waals surface area contributed by atoms with E-state index in [1.54, 1.807) is 0 Å². The summed E-state index contributed by atoms with van der Waals surface area (Å²) in [7, 11) is 1.17. The summed E-state index contributed by atoms with van der Waals surface area (Å²) in [6.07, 6.45) is -3.35. The quantitative estimate of drug-likeness (QED) is 0.625. The molecule has 0 saturated carbocycles. The number of alkyl halides is 3. The number of nitrogens with zero attached hydrogens (tertiary/aromatic N) is 3. The smallest absolute Gasteiger partial charge is 0.263 e. The van der Waals surface area contributed by atoms with Crippen molar-refractivity contribution < 1.29 is 13.2 Å². The van der Waals surface area contributed by atoms with Gasteiger partial charge in [0, 0.05) is 6.20 Å². The van der Waals surface area contributed by atoms with Gasteiger partial charge in [-0.25, -0.2) is 4.98 Å². The Morgan fingerprint density at radius 2 is 2.20 bits per heavy atom. The molecule has 0 spiro atoms. The molecule has 0 aliphatic rings. The first-order valence-electron chi connectivity index (χ1n) is 3.81. The van der Waals surface area contributed by atoms with Gasteiger partial charge < -0.3 is 0 Å². The Hall–Kier alpha value is -1.86. The Morgan fingerprint density at radius 1 is 1.53 bits per heavy atom. The lowest BCUT2D eigenvalue weighted by atomic mass is 10.2.